The Labute approximate surface area is 143 Å². The van der Waals surface area contributed by atoms with Crippen LogP contribution < -0.4 is 0 Å². The molecule has 0 radical (unpaired) electrons. The van der Waals surface area contributed by atoms with Crippen LogP contribution in [0.5, 0.6) is 0 Å². The molecule has 1 amide bonds. The van der Waals surface area contributed by atoms with Gasteiger partial charge in [0, 0.05) is 44.0 Å². The summed E-state index contributed by atoms with van der Waals surface area (Å²) in [6.45, 7) is 3.63. The zero-order chi connectivity index (χ0) is 16.6. The number of hydrogen-bond donors (Lipinski definition) is 1. The van der Waals surface area contributed by atoms with Crippen LogP contribution >= 0.6 is 0 Å². The highest BCUT2D eigenvalue weighted by Crippen LogP contribution is 2.43. The van der Waals surface area contributed by atoms with Gasteiger partial charge in [-0.3, -0.25) is 4.79 Å². The van der Waals surface area contributed by atoms with Crippen LogP contribution in [0.1, 0.15) is 37.7 Å². The SMILES string of the molecule is CN1CCN(C(=O)C2(c3c[nH]c4ncccc34)CCCCC2)CC1. The van der Waals surface area contributed by atoms with Gasteiger partial charge in [-0.05, 0) is 37.6 Å². The molecule has 1 N–H and O–H groups in total. The van der Waals surface area contributed by atoms with Gasteiger partial charge in [0.2, 0.25) is 5.91 Å². The molecule has 2 aliphatic rings. The highest BCUT2D eigenvalue weighted by atomic mass is 16.2. The van der Waals surface area contributed by atoms with Crippen molar-refractivity contribution in [3.63, 3.8) is 0 Å². The Morgan fingerprint density at radius 1 is 1.17 bits per heavy atom. The van der Waals surface area contributed by atoms with E-state index in [1.807, 2.05) is 12.3 Å². The maximum atomic E-state index is 13.6. The Bertz CT molecular complexity index is 724. The molecule has 0 atom stereocenters. The van der Waals surface area contributed by atoms with E-state index in [1.165, 1.54) is 6.42 Å². The lowest BCUT2D eigenvalue weighted by Gasteiger charge is -2.42. The monoisotopic (exact) mass is 326 g/mol. The van der Waals surface area contributed by atoms with E-state index in [0.717, 1.165) is 68.5 Å². The number of aromatic amines is 1. The topological polar surface area (TPSA) is 52.2 Å². The average molecular weight is 326 g/mol. The minimum absolute atomic E-state index is 0.333. The first-order valence-electron chi connectivity index (χ1n) is 9.11. The average Bonchev–Trinajstić information content (AvgIpc) is 3.07. The number of piperazine rings is 1. The van der Waals surface area contributed by atoms with Crippen LogP contribution in [0.4, 0.5) is 0 Å². The molecule has 3 heterocycles. The Hall–Kier alpha value is -1.88. The van der Waals surface area contributed by atoms with Crippen molar-refractivity contribution < 1.29 is 4.79 Å². The van der Waals surface area contributed by atoms with E-state index < -0.39 is 0 Å². The molecule has 1 aliphatic carbocycles. The number of nitrogens with zero attached hydrogens (tertiary/aromatic N) is 3. The third-order valence-corrected chi connectivity index (χ3v) is 5.87. The molecule has 4 rings (SSSR count). The second kappa shape index (κ2) is 6.20. The van der Waals surface area contributed by atoms with Gasteiger partial charge in [0.05, 0.1) is 5.41 Å². The lowest BCUT2D eigenvalue weighted by Crippen LogP contribution is -2.54. The maximum absolute atomic E-state index is 13.6. The highest BCUT2D eigenvalue weighted by molar-refractivity contribution is 5.94. The fourth-order valence-electron chi connectivity index (χ4n) is 4.42. The Balaban J connectivity index is 1.74. The number of fused-ring (bicyclic) bond motifs is 1. The summed E-state index contributed by atoms with van der Waals surface area (Å²) in [5, 5.41) is 1.11. The van der Waals surface area contributed by atoms with E-state index >= 15 is 0 Å². The van der Waals surface area contributed by atoms with Gasteiger partial charge in [-0.1, -0.05) is 19.3 Å². The molecule has 2 fully saturated rings. The molecule has 1 saturated carbocycles. The molecular formula is C19H26N4O. The van der Waals surface area contributed by atoms with Gasteiger partial charge in [-0.2, -0.15) is 0 Å². The van der Waals surface area contributed by atoms with Crippen LogP contribution in [-0.4, -0.2) is 58.9 Å². The number of carbonyl (C=O) groups is 1. The van der Waals surface area contributed by atoms with Crippen LogP contribution in [0.2, 0.25) is 0 Å². The summed E-state index contributed by atoms with van der Waals surface area (Å²) in [4.78, 5) is 25.7. The van der Waals surface area contributed by atoms with Crippen molar-refractivity contribution in [2.24, 2.45) is 0 Å². The number of carbonyl (C=O) groups excluding carboxylic acids is 1. The fraction of sp³-hybridized carbons (Fsp3) is 0.579. The first kappa shape index (κ1) is 15.6. The minimum Gasteiger partial charge on any atom is -0.346 e. The van der Waals surface area contributed by atoms with Crippen molar-refractivity contribution in [3.05, 3.63) is 30.1 Å². The number of hydrogen-bond acceptors (Lipinski definition) is 3. The van der Waals surface area contributed by atoms with Crippen molar-refractivity contribution in [2.75, 3.05) is 33.2 Å². The van der Waals surface area contributed by atoms with Crippen LogP contribution in [0.15, 0.2) is 24.5 Å². The van der Waals surface area contributed by atoms with Crippen molar-refractivity contribution in [1.29, 1.82) is 0 Å². The Kier molecular flexibility index (Phi) is 4.04. The summed E-state index contributed by atoms with van der Waals surface area (Å²) >= 11 is 0. The standard InChI is InChI=1S/C19H26N4O/c1-22-10-12-23(13-11-22)18(24)19(7-3-2-4-8-19)16-14-21-17-15(16)6-5-9-20-17/h5-6,9,14H,2-4,7-8,10-13H2,1H3,(H,20,21). The van der Waals surface area contributed by atoms with Gasteiger partial charge in [0.15, 0.2) is 0 Å². The number of H-pyrrole nitrogens is 1. The molecule has 128 valence electrons. The zero-order valence-electron chi connectivity index (χ0n) is 14.4. The predicted molar refractivity (Wildman–Crippen MR) is 94.9 cm³/mol. The third-order valence-electron chi connectivity index (χ3n) is 5.87. The highest BCUT2D eigenvalue weighted by Gasteiger charge is 2.45. The van der Waals surface area contributed by atoms with Crippen LogP contribution in [0, 0.1) is 0 Å². The van der Waals surface area contributed by atoms with Crippen LogP contribution in [0.25, 0.3) is 11.0 Å². The largest absolute Gasteiger partial charge is 0.346 e. The normalized spacial score (nSPS) is 22.0. The quantitative estimate of drug-likeness (QED) is 0.923. The van der Waals surface area contributed by atoms with Crippen molar-refractivity contribution in [3.8, 4) is 0 Å². The van der Waals surface area contributed by atoms with Crippen molar-refractivity contribution in [2.45, 2.75) is 37.5 Å². The van der Waals surface area contributed by atoms with Gasteiger partial charge >= 0.3 is 0 Å². The summed E-state index contributed by atoms with van der Waals surface area (Å²) in [6.07, 6.45) is 9.26. The number of amides is 1. The molecule has 0 unspecified atom stereocenters. The van der Waals surface area contributed by atoms with E-state index in [1.54, 1.807) is 6.20 Å². The first-order chi connectivity index (χ1) is 11.7. The summed E-state index contributed by atoms with van der Waals surface area (Å²) in [5.41, 5.74) is 1.69. The molecule has 0 spiro atoms. The predicted octanol–water partition coefficient (Wildman–Crippen LogP) is 2.54. The lowest BCUT2D eigenvalue weighted by atomic mass is 9.68. The zero-order valence-corrected chi connectivity index (χ0v) is 14.4. The lowest BCUT2D eigenvalue weighted by molar-refractivity contribution is -0.140. The minimum atomic E-state index is -0.366. The molecule has 24 heavy (non-hydrogen) atoms. The molecule has 5 nitrogen and oxygen atoms in total. The van der Waals surface area contributed by atoms with E-state index in [-0.39, 0.29) is 5.41 Å². The molecule has 1 saturated heterocycles. The molecule has 0 bridgehead atoms. The second-order valence-electron chi connectivity index (χ2n) is 7.34. The summed E-state index contributed by atoms with van der Waals surface area (Å²) in [5.74, 6) is 0.333. The summed E-state index contributed by atoms with van der Waals surface area (Å²) in [7, 11) is 2.13. The number of aromatic nitrogens is 2. The van der Waals surface area contributed by atoms with Gasteiger partial charge in [-0.15, -0.1) is 0 Å². The number of likely N-dealkylation sites (N-methyl/N-ethyl adjacent to an activating group) is 1. The van der Waals surface area contributed by atoms with Gasteiger partial charge in [0.25, 0.3) is 0 Å². The maximum Gasteiger partial charge on any atom is 0.233 e. The van der Waals surface area contributed by atoms with E-state index in [9.17, 15) is 4.79 Å². The molecule has 1 aliphatic heterocycles. The van der Waals surface area contributed by atoms with Crippen LogP contribution in [0.3, 0.4) is 0 Å². The van der Waals surface area contributed by atoms with Crippen LogP contribution in [-0.2, 0) is 10.2 Å². The van der Waals surface area contributed by atoms with E-state index in [0.29, 0.717) is 5.91 Å². The second-order valence-corrected chi connectivity index (χ2v) is 7.34. The number of rotatable bonds is 2. The molecule has 2 aromatic rings. The number of pyridine rings is 1. The third kappa shape index (κ3) is 2.51. The molecule has 5 heteroatoms. The summed E-state index contributed by atoms with van der Waals surface area (Å²) < 4.78 is 0. The smallest absolute Gasteiger partial charge is 0.233 e. The number of nitrogens with one attached hydrogen (secondary N) is 1. The molecule has 2 aromatic heterocycles. The van der Waals surface area contributed by atoms with E-state index in [4.69, 9.17) is 0 Å². The van der Waals surface area contributed by atoms with Crippen molar-refractivity contribution in [1.82, 2.24) is 19.8 Å². The first-order valence-corrected chi connectivity index (χ1v) is 9.11. The Morgan fingerprint density at radius 2 is 1.92 bits per heavy atom. The molecule has 0 aromatic carbocycles. The van der Waals surface area contributed by atoms with Gasteiger partial charge < -0.3 is 14.8 Å². The van der Waals surface area contributed by atoms with Crippen molar-refractivity contribution >= 4 is 16.9 Å². The molecular weight excluding hydrogens is 300 g/mol. The van der Waals surface area contributed by atoms with E-state index in [2.05, 4.69) is 32.9 Å². The van der Waals surface area contributed by atoms with Gasteiger partial charge in [-0.25, -0.2) is 4.98 Å². The fourth-order valence-corrected chi connectivity index (χ4v) is 4.42. The Morgan fingerprint density at radius 3 is 2.67 bits per heavy atom. The summed E-state index contributed by atoms with van der Waals surface area (Å²) in [6, 6.07) is 4.07. The van der Waals surface area contributed by atoms with Gasteiger partial charge in [0.1, 0.15) is 5.65 Å².